The van der Waals surface area contributed by atoms with Gasteiger partial charge in [-0.25, -0.2) is 13.2 Å². The Bertz CT molecular complexity index is 1510. The first-order valence-corrected chi connectivity index (χ1v) is 14.4. The molecule has 208 valence electrons. The number of rotatable bonds is 7. The Hall–Kier alpha value is -3.47. The number of fused-ring (bicyclic) bond motifs is 1. The molecule has 0 aliphatic heterocycles. The average Bonchev–Trinajstić information content (AvgIpc) is 3.67. The Morgan fingerprint density at radius 2 is 1.69 bits per heavy atom. The van der Waals surface area contributed by atoms with Crippen LogP contribution in [0.15, 0.2) is 62.6 Å². The summed E-state index contributed by atoms with van der Waals surface area (Å²) in [6, 6.07) is 10.4. The van der Waals surface area contributed by atoms with E-state index in [0.29, 0.717) is 29.7 Å². The van der Waals surface area contributed by atoms with Gasteiger partial charge >= 0.3 is 12.0 Å². The van der Waals surface area contributed by atoms with E-state index in [2.05, 4.69) is 9.46 Å². The standard InChI is InChI=1S/C28H28F3NO6S/c29-28(30,31)38-20-12-14-21(15-13-20)39(35,36)32-19-7-5-6-18(16-19)24(17-10-11-17)25-26(33)22-8-3-1-2-4-9-23(22)37-27(25)34/h5-7,12-17,24,32-33H,1-4,8-11H2. The second-order valence-corrected chi connectivity index (χ2v) is 11.7. The van der Waals surface area contributed by atoms with Crippen molar-refractivity contribution in [1.29, 1.82) is 0 Å². The van der Waals surface area contributed by atoms with Crippen LogP contribution in [0.1, 0.15) is 66.9 Å². The zero-order chi connectivity index (χ0) is 27.8. The van der Waals surface area contributed by atoms with Crippen LogP contribution >= 0.6 is 0 Å². The number of nitrogens with one attached hydrogen (secondary N) is 1. The van der Waals surface area contributed by atoms with Gasteiger partial charge in [-0.3, -0.25) is 4.72 Å². The molecule has 1 atom stereocenters. The fourth-order valence-electron chi connectivity index (χ4n) is 5.23. The second-order valence-electron chi connectivity index (χ2n) is 10.0. The predicted octanol–water partition coefficient (Wildman–Crippen LogP) is 6.25. The predicted molar refractivity (Wildman–Crippen MR) is 137 cm³/mol. The summed E-state index contributed by atoms with van der Waals surface area (Å²) in [7, 11) is -4.14. The molecule has 0 radical (unpaired) electrons. The molecule has 2 N–H and O–H groups in total. The number of hydrogen-bond acceptors (Lipinski definition) is 6. The molecule has 0 bridgehead atoms. The second kappa shape index (κ2) is 10.6. The van der Waals surface area contributed by atoms with E-state index in [1.54, 1.807) is 18.2 Å². The highest BCUT2D eigenvalue weighted by Gasteiger charge is 2.38. The summed E-state index contributed by atoms with van der Waals surface area (Å²) < 4.78 is 75.1. The van der Waals surface area contributed by atoms with Crippen molar-refractivity contribution in [3.63, 3.8) is 0 Å². The van der Waals surface area contributed by atoms with Crippen LogP contribution in [0.5, 0.6) is 11.5 Å². The third kappa shape index (κ3) is 6.24. The van der Waals surface area contributed by atoms with Crippen molar-refractivity contribution in [2.75, 3.05) is 4.72 Å². The largest absolute Gasteiger partial charge is 0.573 e. The van der Waals surface area contributed by atoms with Gasteiger partial charge in [0.1, 0.15) is 17.3 Å². The minimum atomic E-state index is -4.89. The van der Waals surface area contributed by atoms with Gasteiger partial charge in [-0.05, 0) is 80.0 Å². The van der Waals surface area contributed by atoms with E-state index in [1.807, 2.05) is 0 Å². The lowest BCUT2D eigenvalue weighted by atomic mass is 9.85. The summed E-state index contributed by atoms with van der Waals surface area (Å²) in [4.78, 5) is 12.9. The average molecular weight is 564 g/mol. The van der Waals surface area contributed by atoms with Gasteiger partial charge in [0.25, 0.3) is 10.0 Å². The maximum Gasteiger partial charge on any atom is 0.573 e. The molecule has 1 fully saturated rings. The number of benzene rings is 2. The fraction of sp³-hybridized carbons (Fsp3) is 0.393. The van der Waals surface area contributed by atoms with E-state index in [4.69, 9.17) is 4.42 Å². The van der Waals surface area contributed by atoms with Crippen LogP contribution in [-0.2, 0) is 22.9 Å². The van der Waals surface area contributed by atoms with Crippen LogP contribution in [-0.4, -0.2) is 19.9 Å². The maximum absolute atomic E-state index is 13.2. The van der Waals surface area contributed by atoms with E-state index in [9.17, 15) is 31.5 Å². The first-order chi connectivity index (χ1) is 18.5. The lowest BCUT2D eigenvalue weighted by Crippen LogP contribution is -2.19. The molecule has 1 aromatic heterocycles. The topological polar surface area (TPSA) is 106 Å². The van der Waals surface area contributed by atoms with Gasteiger partial charge in [-0.15, -0.1) is 13.2 Å². The molecule has 7 nitrogen and oxygen atoms in total. The van der Waals surface area contributed by atoms with Crippen molar-refractivity contribution >= 4 is 15.7 Å². The van der Waals surface area contributed by atoms with Gasteiger partial charge in [-0.2, -0.15) is 0 Å². The van der Waals surface area contributed by atoms with E-state index in [0.717, 1.165) is 62.8 Å². The summed E-state index contributed by atoms with van der Waals surface area (Å²) in [6.45, 7) is 0. The Kier molecular flexibility index (Phi) is 7.37. The molecule has 1 unspecified atom stereocenters. The Balaban J connectivity index is 1.45. The van der Waals surface area contributed by atoms with Gasteiger partial charge in [0.15, 0.2) is 0 Å². The molecule has 11 heteroatoms. The first-order valence-electron chi connectivity index (χ1n) is 12.9. The van der Waals surface area contributed by atoms with E-state index < -0.39 is 33.7 Å². The number of aryl methyl sites for hydroxylation is 1. The number of halogens is 3. The number of sulfonamides is 1. The third-order valence-electron chi connectivity index (χ3n) is 7.16. The van der Waals surface area contributed by atoms with Gasteiger partial charge in [-0.1, -0.05) is 25.0 Å². The van der Waals surface area contributed by atoms with Crippen LogP contribution < -0.4 is 15.1 Å². The molecule has 0 amide bonds. The van der Waals surface area contributed by atoms with E-state index in [-0.39, 0.29) is 27.8 Å². The summed E-state index contributed by atoms with van der Waals surface area (Å²) in [6.07, 6.45) is 1.91. The highest BCUT2D eigenvalue weighted by molar-refractivity contribution is 7.92. The number of hydrogen-bond donors (Lipinski definition) is 2. The Morgan fingerprint density at radius 1 is 1.00 bits per heavy atom. The number of alkyl halides is 3. The lowest BCUT2D eigenvalue weighted by Gasteiger charge is -2.22. The highest BCUT2D eigenvalue weighted by Crippen LogP contribution is 2.49. The number of aromatic hydroxyl groups is 1. The molecule has 2 aliphatic carbocycles. The molecule has 0 spiro atoms. The number of anilines is 1. The third-order valence-corrected chi connectivity index (χ3v) is 8.56. The molecular weight excluding hydrogens is 535 g/mol. The Labute approximate surface area is 223 Å². The molecule has 0 saturated heterocycles. The smallest absolute Gasteiger partial charge is 0.507 e. The monoisotopic (exact) mass is 563 g/mol. The van der Waals surface area contributed by atoms with Crippen molar-refractivity contribution in [3.8, 4) is 11.5 Å². The minimum absolute atomic E-state index is 0.0211. The van der Waals surface area contributed by atoms with Crippen LogP contribution in [0.4, 0.5) is 18.9 Å². The zero-order valence-electron chi connectivity index (χ0n) is 21.0. The number of ether oxygens (including phenoxy) is 1. The minimum Gasteiger partial charge on any atom is -0.507 e. The molecule has 3 aromatic rings. The van der Waals surface area contributed by atoms with Crippen LogP contribution in [0, 0.1) is 5.92 Å². The van der Waals surface area contributed by atoms with Gasteiger partial charge in [0.2, 0.25) is 0 Å². The fourth-order valence-corrected chi connectivity index (χ4v) is 6.28. The lowest BCUT2D eigenvalue weighted by molar-refractivity contribution is -0.274. The van der Waals surface area contributed by atoms with Gasteiger partial charge in [0.05, 0.1) is 10.5 Å². The summed E-state index contributed by atoms with van der Waals surface area (Å²) in [5, 5.41) is 11.3. The molecule has 2 aliphatic rings. The quantitative estimate of drug-likeness (QED) is 0.352. The summed E-state index contributed by atoms with van der Waals surface area (Å²) >= 11 is 0. The van der Waals surface area contributed by atoms with Crippen molar-refractivity contribution in [2.45, 2.75) is 68.5 Å². The molecule has 1 saturated carbocycles. The van der Waals surface area contributed by atoms with Crippen molar-refractivity contribution in [1.82, 2.24) is 0 Å². The van der Waals surface area contributed by atoms with Crippen LogP contribution in [0.25, 0.3) is 0 Å². The van der Waals surface area contributed by atoms with Crippen LogP contribution in [0.3, 0.4) is 0 Å². The maximum atomic E-state index is 13.2. The van der Waals surface area contributed by atoms with Gasteiger partial charge < -0.3 is 14.3 Å². The van der Waals surface area contributed by atoms with Crippen molar-refractivity contribution < 1.29 is 35.8 Å². The molecule has 2 aromatic carbocycles. The zero-order valence-corrected chi connectivity index (χ0v) is 21.8. The van der Waals surface area contributed by atoms with E-state index in [1.165, 1.54) is 6.07 Å². The molecule has 1 heterocycles. The Morgan fingerprint density at radius 3 is 2.36 bits per heavy atom. The molecular formula is C28H28F3NO6S. The normalized spacial score (nSPS) is 17.0. The SMILES string of the molecule is O=c1oc2c(c(O)c1C(c1cccc(NS(=O)(=O)c3ccc(OC(F)(F)F)cc3)c1)C1CC1)CCCCCC2. The van der Waals surface area contributed by atoms with Crippen molar-refractivity contribution in [3.05, 3.63) is 81.4 Å². The van der Waals surface area contributed by atoms with Crippen molar-refractivity contribution in [2.24, 2.45) is 5.92 Å². The van der Waals surface area contributed by atoms with E-state index >= 15 is 0 Å². The van der Waals surface area contributed by atoms with Gasteiger partial charge in [0, 0.05) is 23.6 Å². The summed E-state index contributed by atoms with van der Waals surface area (Å²) in [5.41, 5.74) is 1.18. The summed E-state index contributed by atoms with van der Waals surface area (Å²) in [5.74, 6) is -0.389. The van der Waals surface area contributed by atoms with Crippen LogP contribution in [0.2, 0.25) is 0 Å². The molecule has 5 rings (SSSR count). The first kappa shape index (κ1) is 27.1. The highest BCUT2D eigenvalue weighted by atomic mass is 32.2. The molecule has 39 heavy (non-hydrogen) atoms.